The summed E-state index contributed by atoms with van der Waals surface area (Å²) in [4.78, 5) is 16.3. The highest BCUT2D eigenvalue weighted by Crippen LogP contribution is 2.20. The van der Waals surface area contributed by atoms with Crippen molar-refractivity contribution >= 4 is 5.97 Å². The number of rotatable bonds is 8. The van der Waals surface area contributed by atoms with Crippen LogP contribution in [0.5, 0.6) is 0 Å². The highest BCUT2D eigenvalue weighted by molar-refractivity contribution is 5.75. The van der Waals surface area contributed by atoms with E-state index < -0.39 is 0 Å². The molecule has 1 aromatic rings. The molecule has 1 heterocycles. The van der Waals surface area contributed by atoms with Gasteiger partial charge in [0, 0.05) is 31.4 Å². The van der Waals surface area contributed by atoms with Crippen molar-refractivity contribution in [1.29, 1.82) is 0 Å². The molecule has 106 valence electrons. The van der Waals surface area contributed by atoms with Crippen molar-refractivity contribution in [3.8, 4) is 0 Å². The fraction of sp³-hybridized carbons (Fsp3) is 0.714. The van der Waals surface area contributed by atoms with E-state index in [1.807, 2.05) is 13.1 Å². The molecule has 1 atom stereocenters. The standard InChI is InChI=1S/C14H23N3O2/c1-3-5-13-15-8-9-17(13)10-12(14(18)19-4-2)16-11-6-7-11/h8-9,11-12,16H,3-7,10H2,1-2H3. The maximum absolute atomic E-state index is 12.0. The number of carbonyl (C=O) groups is 1. The van der Waals surface area contributed by atoms with Gasteiger partial charge in [0.2, 0.25) is 0 Å². The molecule has 1 N–H and O–H groups in total. The molecule has 19 heavy (non-hydrogen) atoms. The van der Waals surface area contributed by atoms with Crippen LogP contribution < -0.4 is 5.32 Å². The normalized spacial score (nSPS) is 16.3. The number of aryl methyl sites for hydroxylation is 1. The van der Waals surface area contributed by atoms with Crippen molar-refractivity contribution in [2.24, 2.45) is 0 Å². The first-order chi connectivity index (χ1) is 9.24. The van der Waals surface area contributed by atoms with E-state index in [1.165, 1.54) is 0 Å². The Labute approximate surface area is 114 Å². The summed E-state index contributed by atoms with van der Waals surface area (Å²) < 4.78 is 7.20. The molecule has 0 spiro atoms. The molecule has 1 fully saturated rings. The summed E-state index contributed by atoms with van der Waals surface area (Å²) in [6.07, 6.45) is 8.03. The van der Waals surface area contributed by atoms with E-state index in [-0.39, 0.29) is 12.0 Å². The van der Waals surface area contributed by atoms with E-state index in [0.29, 0.717) is 19.2 Å². The van der Waals surface area contributed by atoms with Crippen molar-refractivity contribution in [3.05, 3.63) is 18.2 Å². The SMILES string of the molecule is CCCc1nccn1CC(NC1CC1)C(=O)OCC. The van der Waals surface area contributed by atoms with E-state index in [9.17, 15) is 4.79 Å². The topological polar surface area (TPSA) is 56.2 Å². The Kier molecular flexibility index (Phi) is 4.96. The Morgan fingerprint density at radius 1 is 1.58 bits per heavy atom. The van der Waals surface area contributed by atoms with E-state index in [0.717, 1.165) is 31.5 Å². The van der Waals surface area contributed by atoms with Crippen molar-refractivity contribution in [2.75, 3.05) is 6.61 Å². The fourth-order valence-corrected chi connectivity index (χ4v) is 2.13. The Bertz CT molecular complexity index is 413. The number of nitrogens with zero attached hydrogens (tertiary/aromatic N) is 2. The van der Waals surface area contributed by atoms with Crippen LogP contribution in [0, 0.1) is 0 Å². The minimum Gasteiger partial charge on any atom is -0.465 e. The lowest BCUT2D eigenvalue weighted by Gasteiger charge is -2.18. The van der Waals surface area contributed by atoms with Crippen molar-refractivity contribution in [3.63, 3.8) is 0 Å². The monoisotopic (exact) mass is 265 g/mol. The maximum Gasteiger partial charge on any atom is 0.324 e. The summed E-state index contributed by atoms with van der Waals surface area (Å²) in [6, 6.07) is 0.213. The predicted octanol–water partition coefficient (Wildman–Crippen LogP) is 1.52. The van der Waals surface area contributed by atoms with E-state index >= 15 is 0 Å². The van der Waals surface area contributed by atoms with Gasteiger partial charge in [0.1, 0.15) is 11.9 Å². The van der Waals surface area contributed by atoms with Gasteiger partial charge in [-0.1, -0.05) is 6.92 Å². The molecule has 0 saturated heterocycles. The van der Waals surface area contributed by atoms with Gasteiger partial charge in [0.05, 0.1) is 6.61 Å². The summed E-state index contributed by atoms with van der Waals surface area (Å²) in [5, 5.41) is 3.36. The van der Waals surface area contributed by atoms with Gasteiger partial charge in [-0.3, -0.25) is 4.79 Å². The van der Waals surface area contributed by atoms with Crippen LogP contribution >= 0.6 is 0 Å². The largest absolute Gasteiger partial charge is 0.465 e. The third kappa shape index (κ3) is 4.06. The number of ether oxygens (including phenoxy) is 1. The van der Waals surface area contributed by atoms with Crippen LogP contribution in [0.15, 0.2) is 12.4 Å². The molecule has 1 aliphatic rings. The zero-order valence-electron chi connectivity index (χ0n) is 11.8. The molecule has 0 aromatic carbocycles. The van der Waals surface area contributed by atoms with Gasteiger partial charge < -0.3 is 14.6 Å². The third-order valence-electron chi connectivity index (χ3n) is 3.24. The number of imidazole rings is 1. The highest BCUT2D eigenvalue weighted by atomic mass is 16.5. The predicted molar refractivity (Wildman–Crippen MR) is 72.8 cm³/mol. The van der Waals surface area contributed by atoms with Crippen LogP contribution in [0.1, 0.15) is 38.9 Å². The Hall–Kier alpha value is -1.36. The minimum absolute atomic E-state index is 0.162. The van der Waals surface area contributed by atoms with Crippen LogP contribution in [0.4, 0.5) is 0 Å². The molecule has 0 radical (unpaired) electrons. The van der Waals surface area contributed by atoms with Crippen molar-refractivity contribution in [2.45, 2.75) is 58.2 Å². The number of aromatic nitrogens is 2. The molecule has 1 aliphatic carbocycles. The lowest BCUT2D eigenvalue weighted by Crippen LogP contribution is -2.42. The van der Waals surface area contributed by atoms with Crippen LogP contribution in [-0.2, 0) is 22.5 Å². The maximum atomic E-state index is 12.0. The van der Waals surface area contributed by atoms with E-state index in [2.05, 4.69) is 21.8 Å². The quantitative estimate of drug-likeness (QED) is 0.724. The number of hydrogen-bond donors (Lipinski definition) is 1. The van der Waals surface area contributed by atoms with E-state index in [1.54, 1.807) is 6.20 Å². The Morgan fingerprint density at radius 2 is 2.37 bits per heavy atom. The smallest absolute Gasteiger partial charge is 0.324 e. The first kappa shape index (κ1) is 14.1. The number of esters is 1. The zero-order valence-corrected chi connectivity index (χ0v) is 11.8. The lowest BCUT2D eigenvalue weighted by molar-refractivity contribution is -0.146. The molecule has 5 heteroatoms. The molecular formula is C14H23N3O2. The van der Waals surface area contributed by atoms with Crippen LogP contribution in [0.25, 0.3) is 0 Å². The number of carbonyl (C=O) groups excluding carboxylic acids is 1. The van der Waals surface area contributed by atoms with Crippen LogP contribution in [-0.4, -0.2) is 34.2 Å². The second-order valence-corrected chi connectivity index (χ2v) is 4.99. The minimum atomic E-state index is -0.266. The second kappa shape index (κ2) is 6.70. The zero-order chi connectivity index (χ0) is 13.7. The molecule has 1 aromatic heterocycles. The molecular weight excluding hydrogens is 242 g/mol. The first-order valence-electron chi connectivity index (χ1n) is 7.17. The highest BCUT2D eigenvalue weighted by Gasteiger charge is 2.29. The molecule has 1 unspecified atom stereocenters. The Balaban J connectivity index is 2.00. The van der Waals surface area contributed by atoms with Crippen LogP contribution in [0.2, 0.25) is 0 Å². The number of hydrogen-bond acceptors (Lipinski definition) is 4. The van der Waals surface area contributed by atoms with Crippen molar-refractivity contribution < 1.29 is 9.53 Å². The second-order valence-electron chi connectivity index (χ2n) is 4.99. The molecule has 0 aliphatic heterocycles. The summed E-state index contributed by atoms with van der Waals surface area (Å²) in [6.45, 7) is 4.99. The molecule has 0 bridgehead atoms. The van der Waals surface area contributed by atoms with Gasteiger partial charge in [-0.25, -0.2) is 4.98 Å². The van der Waals surface area contributed by atoms with Gasteiger partial charge >= 0.3 is 5.97 Å². The molecule has 0 amide bonds. The number of nitrogens with one attached hydrogen (secondary N) is 1. The molecule has 2 rings (SSSR count). The van der Waals surface area contributed by atoms with Gasteiger partial charge in [-0.2, -0.15) is 0 Å². The average Bonchev–Trinajstić information content (AvgIpc) is 3.10. The molecule has 5 nitrogen and oxygen atoms in total. The summed E-state index contributed by atoms with van der Waals surface area (Å²) >= 11 is 0. The van der Waals surface area contributed by atoms with Crippen molar-refractivity contribution in [1.82, 2.24) is 14.9 Å². The van der Waals surface area contributed by atoms with Gasteiger partial charge in [-0.15, -0.1) is 0 Å². The average molecular weight is 265 g/mol. The van der Waals surface area contributed by atoms with Gasteiger partial charge in [0.15, 0.2) is 0 Å². The van der Waals surface area contributed by atoms with Gasteiger partial charge in [-0.05, 0) is 26.2 Å². The van der Waals surface area contributed by atoms with Crippen LogP contribution in [0.3, 0.4) is 0 Å². The fourth-order valence-electron chi connectivity index (χ4n) is 2.13. The van der Waals surface area contributed by atoms with Gasteiger partial charge in [0.25, 0.3) is 0 Å². The lowest BCUT2D eigenvalue weighted by atomic mass is 10.2. The summed E-state index contributed by atoms with van der Waals surface area (Å²) in [5.41, 5.74) is 0. The first-order valence-corrected chi connectivity index (χ1v) is 7.17. The van der Waals surface area contributed by atoms with E-state index in [4.69, 9.17) is 4.74 Å². The summed E-state index contributed by atoms with van der Waals surface area (Å²) in [7, 11) is 0. The summed E-state index contributed by atoms with van der Waals surface area (Å²) in [5.74, 6) is 0.875. The Morgan fingerprint density at radius 3 is 3.00 bits per heavy atom. The third-order valence-corrected chi connectivity index (χ3v) is 3.24. The molecule has 1 saturated carbocycles.